The SMILES string of the molecule is COc1ccc(Nc2cccc3c2C(=O)N(C2CCC(=O)CC2=O)C3=O)c(OCCN(C)C)c1.Cl. The highest BCUT2D eigenvalue weighted by atomic mass is 35.5. The molecule has 2 aromatic carbocycles. The van der Waals surface area contributed by atoms with Crippen LogP contribution in [0.25, 0.3) is 0 Å². The van der Waals surface area contributed by atoms with Crippen molar-refractivity contribution in [1.29, 1.82) is 0 Å². The first-order valence-corrected chi connectivity index (χ1v) is 11.1. The Morgan fingerprint density at radius 1 is 1.06 bits per heavy atom. The molecule has 1 aliphatic heterocycles. The smallest absolute Gasteiger partial charge is 0.264 e. The highest BCUT2D eigenvalue weighted by Crippen LogP contribution is 2.37. The first kappa shape index (κ1) is 26.2. The van der Waals surface area contributed by atoms with Crippen molar-refractivity contribution in [3.8, 4) is 11.5 Å². The van der Waals surface area contributed by atoms with Crippen molar-refractivity contribution in [1.82, 2.24) is 9.80 Å². The van der Waals surface area contributed by atoms with Crippen molar-refractivity contribution in [3.63, 3.8) is 0 Å². The van der Waals surface area contributed by atoms with Gasteiger partial charge in [-0.05, 0) is 44.8 Å². The molecule has 10 heteroatoms. The number of benzene rings is 2. The second-order valence-electron chi connectivity index (χ2n) is 8.58. The van der Waals surface area contributed by atoms with Crippen LogP contribution in [-0.2, 0) is 9.59 Å². The Hall–Kier alpha value is -3.43. The van der Waals surface area contributed by atoms with Crippen LogP contribution in [0.2, 0.25) is 0 Å². The molecule has 4 rings (SSSR count). The topological polar surface area (TPSA) is 105 Å². The van der Waals surface area contributed by atoms with Crippen molar-refractivity contribution in [2.24, 2.45) is 0 Å². The molecule has 0 saturated heterocycles. The first-order valence-electron chi connectivity index (χ1n) is 11.1. The molecule has 1 aliphatic carbocycles. The summed E-state index contributed by atoms with van der Waals surface area (Å²) >= 11 is 0. The number of nitrogens with one attached hydrogen (secondary N) is 1. The molecular formula is C25H28ClN3O6. The molecule has 0 radical (unpaired) electrons. The van der Waals surface area contributed by atoms with Crippen LogP contribution in [0.5, 0.6) is 11.5 Å². The molecule has 1 heterocycles. The maximum absolute atomic E-state index is 13.3. The zero-order valence-corrected chi connectivity index (χ0v) is 20.6. The molecule has 2 aliphatic rings. The summed E-state index contributed by atoms with van der Waals surface area (Å²) in [5.41, 5.74) is 1.46. The number of Topliss-reactive ketones (excluding diaryl/α,β-unsaturated/α-hetero) is 2. The molecule has 1 atom stereocenters. The van der Waals surface area contributed by atoms with Gasteiger partial charge in [-0.3, -0.25) is 24.1 Å². The van der Waals surface area contributed by atoms with Gasteiger partial charge in [0.1, 0.15) is 23.9 Å². The Kier molecular flexibility index (Phi) is 8.14. The largest absolute Gasteiger partial charge is 0.497 e. The molecule has 9 nitrogen and oxygen atoms in total. The number of imide groups is 1. The van der Waals surface area contributed by atoms with E-state index in [-0.39, 0.29) is 48.6 Å². The van der Waals surface area contributed by atoms with E-state index in [0.717, 1.165) is 4.90 Å². The predicted octanol–water partition coefficient (Wildman–Crippen LogP) is 3.09. The van der Waals surface area contributed by atoms with Crippen molar-refractivity contribution in [2.75, 3.05) is 39.7 Å². The van der Waals surface area contributed by atoms with E-state index < -0.39 is 23.6 Å². The van der Waals surface area contributed by atoms with Crippen molar-refractivity contribution < 1.29 is 28.7 Å². The number of ketones is 2. The van der Waals surface area contributed by atoms with Crippen LogP contribution in [0.15, 0.2) is 36.4 Å². The number of ether oxygens (including phenoxy) is 2. The monoisotopic (exact) mass is 501 g/mol. The highest BCUT2D eigenvalue weighted by molar-refractivity contribution is 6.26. The summed E-state index contributed by atoms with van der Waals surface area (Å²) in [5, 5.41) is 3.22. The molecule has 0 bridgehead atoms. The number of fused-ring (bicyclic) bond motifs is 1. The standard InChI is InChI=1S/C25H27N3O6.ClH/c1-27(2)11-12-34-22-14-16(33-3)8-9-18(22)26-19-6-4-5-17-23(19)25(32)28(24(17)31)20-10-7-15(29)13-21(20)30;/h4-6,8-9,14,20,26H,7,10-13H2,1-3H3;1H. The quantitative estimate of drug-likeness (QED) is 0.434. The van der Waals surface area contributed by atoms with Gasteiger partial charge in [-0.1, -0.05) is 6.07 Å². The fourth-order valence-corrected chi connectivity index (χ4v) is 4.16. The fourth-order valence-electron chi connectivity index (χ4n) is 4.16. The van der Waals surface area contributed by atoms with Crippen LogP contribution >= 0.6 is 12.4 Å². The average Bonchev–Trinajstić information content (AvgIpc) is 3.05. The lowest BCUT2D eigenvalue weighted by molar-refractivity contribution is -0.132. The second kappa shape index (κ2) is 10.9. The number of anilines is 2. The number of amides is 2. The number of likely N-dealkylation sites (N-methyl/N-ethyl adjacent to an activating group) is 1. The van der Waals surface area contributed by atoms with E-state index in [4.69, 9.17) is 9.47 Å². The van der Waals surface area contributed by atoms with E-state index >= 15 is 0 Å². The molecule has 186 valence electrons. The fraction of sp³-hybridized carbons (Fsp3) is 0.360. The maximum atomic E-state index is 13.3. The lowest BCUT2D eigenvalue weighted by Gasteiger charge is -2.27. The normalized spacial score (nSPS) is 17.4. The molecule has 1 N–H and O–H groups in total. The van der Waals surface area contributed by atoms with Gasteiger partial charge in [0, 0.05) is 19.0 Å². The Bertz CT molecular complexity index is 1170. The number of methoxy groups -OCH3 is 1. The number of carbonyl (C=O) groups excluding carboxylic acids is 4. The van der Waals surface area contributed by atoms with Gasteiger partial charge in [0.15, 0.2) is 5.78 Å². The summed E-state index contributed by atoms with van der Waals surface area (Å²) < 4.78 is 11.3. The van der Waals surface area contributed by atoms with Crippen LogP contribution in [-0.4, -0.2) is 73.6 Å². The van der Waals surface area contributed by atoms with E-state index in [2.05, 4.69) is 5.32 Å². The van der Waals surface area contributed by atoms with E-state index in [9.17, 15) is 19.2 Å². The minimum atomic E-state index is -0.913. The molecular weight excluding hydrogens is 474 g/mol. The Balaban J connectivity index is 0.00000342. The third-order valence-corrected chi connectivity index (χ3v) is 5.95. The molecule has 1 fully saturated rings. The Morgan fingerprint density at radius 3 is 2.51 bits per heavy atom. The third kappa shape index (κ3) is 5.31. The summed E-state index contributed by atoms with van der Waals surface area (Å²) in [6.45, 7) is 1.15. The molecule has 2 aromatic rings. The third-order valence-electron chi connectivity index (χ3n) is 5.95. The molecule has 35 heavy (non-hydrogen) atoms. The molecule has 1 unspecified atom stereocenters. The molecule has 0 spiro atoms. The Labute approximate surface area is 209 Å². The van der Waals surface area contributed by atoms with Crippen LogP contribution in [0.3, 0.4) is 0 Å². The number of nitrogens with zero attached hydrogens (tertiary/aromatic N) is 2. The van der Waals surface area contributed by atoms with E-state index in [1.54, 1.807) is 43.5 Å². The van der Waals surface area contributed by atoms with Gasteiger partial charge < -0.3 is 19.7 Å². The summed E-state index contributed by atoms with van der Waals surface area (Å²) in [6.07, 6.45) is 0.0886. The van der Waals surface area contributed by atoms with Crippen LogP contribution in [0.4, 0.5) is 11.4 Å². The molecule has 0 aromatic heterocycles. The summed E-state index contributed by atoms with van der Waals surface area (Å²) in [6, 6.07) is 9.33. The van der Waals surface area contributed by atoms with Gasteiger partial charge >= 0.3 is 0 Å². The summed E-state index contributed by atoms with van der Waals surface area (Å²) in [7, 11) is 5.46. The summed E-state index contributed by atoms with van der Waals surface area (Å²) in [4.78, 5) is 53.5. The number of hydrogen-bond donors (Lipinski definition) is 1. The van der Waals surface area contributed by atoms with Gasteiger partial charge in [0.05, 0.1) is 42.1 Å². The highest BCUT2D eigenvalue weighted by Gasteiger charge is 2.45. The maximum Gasteiger partial charge on any atom is 0.264 e. The number of hydrogen-bond acceptors (Lipinski definition) is 8. The predicted molar refractivity (Wildman–Crippen MR) is 132 cm³/mol. The average molecular weight is 502 g/mol. The number of rotatable bonds is 8. The Morgan fingerprint density at radius 2 is 1.83 bits per heavy atom. The van der Waals surface area contributed by atoms with Gasteiger partial charge in [-0.15, -0.1) is 12.4 Å². The van der Waals surface area contributed by atoms with Gasteiger partial charge in [0.25, 0.3) is 11.8 Å². The van der Waals surface area contributed by atoms with Gasteiger partial charge in [-0.2, -0.15) is 0 Å². The second-order valence-corrected chi connectivity index (χ2v) is 8.58. The van der Waals surface area contributed by atoms with Gasteiger partial charge in [0.2, 0.25) is 0 Å². The van der Waals surface area contributed by atoms with Crippen molar-refractivity contribution >= 4 is 47.2 Å². The first-order chi connectivity index (χ1) is 16.3. The van der Waals surface area contributed by atoms with Crippen molar-refractivity contribution in [2.45, 2.75) is 25.3 Å². The minimum Gasteiger partial charge on any atom is -0.497 e. The molecule has 1 saturated carbocycles. The van der Waals surface area contributed by atoms with Crippen molar-refractivity contribution in [3.05, 3.63) is 47.5 Å². The zero-order chi connectivity index (χ0) is 24.4. The molecule has 2 amide bonds. The minimum absolute atomic E-state index is 0. The lowest BCUT2D eigenvalue weighted by atomic mass is 9.92. The van der Waals surface area contributed by atoms with Crippen LogP contribution < -0.4 is 14.8 Å². The zero-order valence-electron chi connectivity index (χ0n) is 19.8. The van der Waals surface area contributed by atoms with Gasteiger partial charge in [-0.25, -0.2) is 0 Å². The van der Waals surface area contributed by atoms with E-state index in [0.29, 0.717) is 36.0 Å². The van der Waals surface area contributed by atoms with E-state index in [1.165, 1.54) is 0 Å². The van der Waals surface area contributed by atoms with E-state index in [1.807, 2.05) is 19.0 Å². The number of halogens is 1. The summed E-state index contributed by atoms with van der Waals surface area (Å²) in [5.74, 6) is -0.471. The van der Waals surface area contributed by atoms with Crippen LogP contribution in [0, 0.1) is 0 Å². The number of carbonyl (C=O) groups is 4. The lowest BCUT2D eigenvalue weighted by Crippen LogP contribution is -2.47. The van der Waals surface area contributed by atoms with Crippen LogP contribution in [0.1, 0.15) is 40.0 Å².